The molecule has 0 fully saturated rings. The van der Waals surface area contributed by atoms with Crippen molar-refractivity contribution in [1.82, 2.24) is 20.9 Å². The SMILES string of the molecule is NC(=O)CCC(N)C(=O)NC(CCC(=O)O)C(=O)NC(Cc1c[nH]c2ccccc12)C(=O)NC(Cc1ccc(O)cc1)C(=O)O. The number of hydrogen-bond donors (Lipinski definition) is 9. The number of amides is 4. The standard InChI is InChI=1S/C30H36N6O9/c31-20(9-11-25(32)38)27(41)34-22(10-12-26(39)40)28(42)35-23(14-17-15-33-21-4-2-1-3-19(17)21)29(43)36-24(30(44)45)13-16-5-7-18(37)8-6-16/h1-8,15,20,22-24,33,37H,9-14,31H2,(H2,32,38)(H,34,41)(H,35,42)(H,36,43)(H,39,40)(H,44,45). The van der Waals surface area contributed by atoms with Gasteiger partial charge in [-0.3, -0.25) is 24.0 Å². The summed E-state index contributed by atoms with van der Waals surface area (Å²) in [6.07, 6.45) is 0.251. The number of nitrogens with two attached hydrogens (primary N) is 2. The molecule has 15 nitrogen and oxygen atoms in total. The molecule has 11 N–H and O–H groups in total. The summed E-state index contributed by atoms with van der Waals surface area (Å²) in [4.78, 5) is 77.2. The number of phenols is 1. The number of hydrogen-bond acceptors (Lipinski definition) is 8. The van der Waals surface area contributed by atoms with Crippen LogP contribution in [0.2, 0.25) is 0 Å². The minimum atomic E-state index is -1.43. The van der Waals surface area contributed by atoms with E-state index in [4.69, 9.17) is 11.5 Å². The maximum atomic E-state index is 13.6. The van der Waals surface area contributed by atoms with Crippen LogP contribution in [0.4, 0.5) is 0 Å². The van der Waals surface area contributed by atoms with Crippen molar-refractivity contribution in [3.8, 4) is 5.75 Å². The van der Waals surface area contributed by atoms with E-state index in [2.05, 4.69) is 20.9 Å². The molecule has 1 heterocycles. The van der Waals surface area contributed by atoms with Crippen LogP contribution in [0.5, 0.6) is 5.75 Å². The highest BCUT2D eigenvalue weighted by molar-refractivity contribution is 5.95. The first-order valence-corrected chi connectivity index (χ1v) is 14.1. The van der Waals surface area contributed by atoms with Crippen molar-refractivity contribution in [2.75, 3.05) is 0 Å². The summed E-state index contributed by atoms with van der Waals surface area (Å²) in [5, 5.41) is 36.7. The summed E-state index contributed by atoms with van der Waals surface area (Å²) < 4.78 is 0. The van der Waals surface area contributed by atoms with Gasteiger partial charge in [-0.15, -0.1) is 0 Å². The van der Waals surface area contributed by atoms with Gasteiger partial charge < -0.3 is 47.7 Å². The predicted molar refractivity (Wildman–Crippen MR) is 161 cm³/mol. The van der Waals surface area contributed by atoms with Crippen LogP contribution in [-0.2, 0) is 41.6 Å². The Balaban J connectivity index is 1.86. The molecule has 4 atom stereocenters. The number of aliphatic carboxylic acids is 2. The fourth-order valence-corrected chi connectivity index (χ4v) is 4.59. The lowest BCUT2D eigenvalue weighted by Gasteiger charge is -2.25. The van der Waals surface area contributed by atoms with Gasteiger partial charge in [0.2, 0.25) is 23.6 Å². The van der Waals surface area contributed by atoms with E-state index in [0.717, 1.165) is 10.9 Å². The minimum absolute atomic E-state index is 0.0189. The lowest BCUT2D eigenvalue weighted by molar-refractivity contribution is -0.142. The summed E-state index contributed by atoms with van der Waals surface area (Å²) >= 11 is 0. The van der Waals surface area contributed by atoms with Crippen molar-refractivity contribution in [2.45, 2.75) is 62.7 Å². The number of fused-ring (bicyclic) bond motifs is 1. The summed E-state index contributed by atoms with van der Waals surface area (Å²) in [6.45, 7) is 0. The number of H-pyrrole nitrogens is 1. The number of para-hydroxylation sites is 1. The number of primary amides is 1. The number of aromatic amines is 1. The van der Waals surface area contributed by atoms with E-state index in [1.807, 2.05) is 6.07 Å². The number of benzene rings is 2. The Morgan fingerprint density at radius 2 is 1.38 bits per heavy atom. The average Bonchev–Trinajstić information content (AvgIpc) is 3.40. The molecule has 0 saturated carbocycles. The molecule has 0 radical (unpaired) electrons. The maximum Gasteiger partial charge on any atom is 0.326 e. The Kier molecular flexibility index (Phi) is 12.0. The highest BCUT2D eigenvalue weighted by atomic mass is 16.4. The van der Waals surface area contributed by atoms with E-state index in [1.165, 1.54) is 24.3 Å². The molecule has 0 saturated heterocycles. The van der Waals surface area contributed by atoms with Crippen LogP contribution in [0.1, 0.15) is 36.8 Å². The molecule has 3 aromatic rings. The van der Waals surface area contributed by atoms with E-state index in [1.54, 1.807) is 24.4 Å². The monoisotopic (exact) mass is 624 g/mol. The first-order valence-electron chi connectivity index (χ1n) is 14.1. The normalized spacial score (nSPS) is 13.6. The topological polar surface area (TPSA) is 267 Å². The van der Waals surface area contributed by atoms with Crippen LogP contribution >= 0.6 is 0 Å². The molecule has 15 heteroatoms. The van der Waals surface area contributed by atoms with Crippen molar-refractivity contribution in [1.29, 1.82) is 0 Å². The van der Waals surface area contributed by atoms with Crippen molar-refractivity contribution < 1.29 is 44.1 Å². The van der Waals surface area contributed by atoms with Gasteiger partial charge in [0.1, 0.15) is 23.9 Å². The van der Waals surface area contributed by atoms with Crippen LogP contribution in [0.3, 0.4) is 0 Å². The van der Waals surface area contributed by atoms with Crippen molar-refractivity contribution in [3.63, 3.8) is 0 Å². The number of carboxylic acids is 2. The number of carbonyl (C=O) groups excluding carboxylic acids is 4. The van der Waals surface area contributed by atoms with Gasteiger partial charge >= 0.3 is 11.9 Å². The molecule has 0 aliphatic carbocycles. The van der Waals surface area contributed by atoms with Crippen molar-refractivity contribution in [2.24, 2.45) is 11.5 Å². The zero-order chi connectivity index (χ0) is 33.1. The second-order valence-corrected chi connectivity index (χ2v) is 10.5. The van der Waals surface area contributed by atoms with Crippen LogP contribution in [0.15, 0.2) is 54.7 Å². The Morgan fingerprint density at radius 3 is 2.02 bits per heavy atom. The summed E-state index contributed by atoms with van der Waals surface area (Å²) in [6, 6.07) is 7.54. The van der Waals surface area contributed by atoms with E-state index in [0.29, 0.717) is 11.1 Å². The fraction of sp³-hybridized carbons (Fsp3) is 0.333. The average molecular weight is 625 g/mol. The molecule has 0 bridgehead atoms. The van der Waals surface area contributed by atoms with Crippen LogP contribution in [0.25, 0.3) is 10.9 Å². The number of carbonyl (C=O) groups is 6. The Morgan fingerprint density at radius 1 is 0.756 bits per heavy atom. The zero-order valence-corrected chi connectivity index (χ0v) is 24.2. The molecule has 0 aliphatic heterocycles. The summed E-state index contributed by atoms with van der Waals surface area (Å²) in [5.74, 6) is -5.88. The highest BCUT2D eigenvalue weighted by Gasteiger charge is 2.31. The number of carboxylic acid groups (broad SMARTS) is 2. The molecule has 240 valence electrons. The van der Waals surface area contributed by atoms with Gasteiger partial charge in [-0.2, -0.15) is 0 Å². The third kappa shape index (κ3) is 10.4. The predicted octanol–water partition coefficient (Wildman–Crippen LogP) is -0.345. The minimum Gasteiger partial charge on any atom is -0.508 e. The number of aromatic nitrogens is 1. The highest BCUT2D eigenvalue weighted by Crippen LogP contribution is 2.20. The number of aromatic hydroxyl groups is 1. The second-order valence-electron chi connectivity index (χ2n) is 10.5. The number of rotatable bonds is 17. The molecule has 4 amide bonds. The molecule has 4 unspecified atom stereocenters. The van der Waals surface area contributed by atoms with Gasteiger partial charge in [-0.05, 0) is 42.2 Å². The molecule has 0 spiro atoms. The van der Waals surface area contributed by atoms with E-state index >= 15 is 0 Å². The largest absolute Gasteiger partial charge is 0.508 e. The molecule has 2 aromatic carbocycles. The van der Waals surface area contributed by atoms with E-state index in [-0.39, 0.29) is 37.9 Å². The van der Waals surface area contributed by atoms with Gasteiger partial charge in [-0.25, -0.2) is 4.79 Å². The number of nitrogens with one attached hydrogen (secondary N) is 4. The molecular weight excluding hydrogens is 588 g/mol. The number of phenolic OH excluding ortho intramolecular Hbond substituents is 1. The third-order valence-corrected chi connectivity index (χ3v) is 7.04. The molecule has 0 aliphatic rings. The molecule has 45 heavy (non-hydrogen) atoms. The first-order chi connectivity index (χ1) is 21.3. The smallest absolute Gasteiger partial charge is 0.326 e. The summed E-state index contributed by atoms with van der Waals surface area (Å²) in [7, 11) is 0. The first kappa shape index (κ1) is 34.1. The fourth-order valence-electron chi connectivity index (χ4n) is 4.59. The van der Waals surface area contributed by atoms with Gasteiger partial charge in [0, 0.05) is 42.8 Å². The lowest BCUT2D eigenvalue weighted by atomic mass is 10.0. The summed E-state index contributed by atoms with van der Waals surface area (Å²) in [5.41, 5.74) is 12.8. The van der Waals surface area contributed by atoms with Crippen LogP contribution < -0.4 is 27.4 Å². The van der Waals surface area contributed by atoms with Crippen molar-refractivity contribution in [3.05, 3.63) is 65.9 Å². The van der Waals surface area contributed by atoms with Crippen LogP contribution in [0, 0.1) is 0 Å². The lowest BCUT2D eigenvalue weighted by Crippen LogP contribution is -2.58. The van der Waals surface area contributed by atoms with E-state index in [9.17, 15) is 44.1 Å². The quantitative estimate of drug-likeness (QED) is 0.0942. The Labute approximate surface area is 257 Å². The van der Waals surface area contributed by atoms with Crippen LogP contribution in [-0.4, -0.2) is 80.0 Å². The third-order valence-electron chi connectivity index (χ3n) is 7.04. The zero-order valence-electron chi connectivity index (χ0n) is 24.2. The Bertz CT molecular complexity index is 1540. The van der Waals surface area contributed by atoms with Gasteiger partial charge in [0.15, 0.2) is 0 Å². The molecule has 1 aromatic heterocycles. The molecule has 3 rings (SSSR count). The van der Waals surface area contributed by atoms with Gasteiger partial charge in [0.25, 0.3) is 0 Å². The van der Waals surface area contributed by atoms with E-state index < -0.39 is 66.2 Å². The second kappa shape index (κ2) is 15.9. The maximum absolute atomic E-state index is 13.6. The van der Waals surface area contributed by atoms with Gasteiger partial charge in [-0.1, -0.05) is 30.3 Å². The van der Waals surface area contributed by atoms with Crippen molar-refractivity contribution >= 4 is 46.5 Å². The Hall–Kier alpha value is -5.44. The van der Waals surface area contributed by atoms with Gasteiger partial charge in [0.05, 0.1) is 6.04 Å². The molecular formula is C30H36N6O9.